The third kappa shape index (κ3) is 2.46. The molecule has 2 aromatic rings. The third-order valence-corrected chi connectivity index (χ3v) is 3.52. The number of hydrogen-bond acceptors (Lipinski definition) is 4. The molecule has 0 spiro atoms. The van der Waals surface area contributed by atoms with E-state index in [4.69, 9.17) is 4.42 Å². The summed E-state index contributed by atoms with van der Waals surface area (Å²) < 4.78 is 7.24. The van der Waals surface area contributed by atoms with Crippen molar-refractivity contribution < 1.29 is 9.21 Å². The summed E-state index contributed by atoms with van der Waals surface area (Å²) in [5.41, 5.74) is 0.599. The number of hydrogen-bond donors (Lipinski definition) is 0. The molecule has 2 aromatic heterocycles. The largest absolute Gasteiger partial charge is 0.456 e. The zero-order valence-electron chi connectivity index (χ0n) is 9.01. The second-order valence-electron chi connectivity index (χ2n) is 3.50. The minimum Gasteiger partial charge on any atom is -0.456 e. The van der Waals surface area contributed by atoms with Gasteiger partial charge in [-0.25, -0.2) is 4.98 Å². The van der Waals surface area contributed by atoms with E-state index < -0.39 is 0 Å². The number of carbonyl (C=O) groups excluding carboxylic acids is 1. The molecule has 6 heteroatoms. The zero-order valence-corrected chi connectivity index (χ0v) is 11.2. The van der Waals surface area contributed by atoms with E-state index in [1.807, 2.05) is 22.6 Å². The molecule has 0 radical (unpaired) electrons. The van der Waals surface area contributed by atoms with Crippen LogP contribution in [0, 0.1) is 10.5 Å². The Morgan fingerprint density at radius 3 is 2.94 bits per heavy atom. The van der Waals surface area contributed by atoms with Gasteiger partial charge in [0.25, 0.3) is 5.56 Å². The van der Waals surface area contributed by atoms with Gasteiger partial charge in [0.1, 0.15) is 5.76 Å². The average molecular weight is 344 g/mol. The Kier molecular flexibility index (Phi) is 3.41. The fourth-order valence-electron chi connectivity index (χ4n) is 1.37. The molecule has 0 aliphatic heterocycles. The Morgan fingerprint density at radius 1 is 1.53 bits per heavy atom. The Labute approximate surface area is 111 Å². The maximum atomic E-state index is 11.9. The summed E-state index contributed by atoms with van der Waals surface area (Å²) in [7, 11) is 0. The minimum absolute atomic E-state index is 0.109. The number of aromatic nitrogens is 2. The molecule has 0 aliphatic rings. The van der Waals surface area contributed by atoms with Gasteiger partial charge in [0.05, 0.1) is 22.1 Å². The summed E-state index contributed by atoms with van der Waals surface area (Å²) in [5, 5.41) is 0. The maximum absolute atomic E-state index is 11.9. The van der Waals surface area contributed by atoms with E-state index >= 15 is 0 Å². The highest BCUT2D eigenvalue weighted by Crippen LogP contribution is 2.08. The monoisotopic (exact) mass is 344 g/mol. The van der Waals surface area contributed by atoms with Crippen molar-refractivity contribution in [1.82, 2.24) is 9.55 Å². The number of nitrogens with zero attached hydrogens (tertiary/aromatic N) is 2. The predicted octanol–water partition coefficient (Wildman–Crippen LogP) is 1.61. The van der Waals surface area contributed by atoms with Crippen molar-refractivity contribution in [3.63, 3.8) is 0 Å². The SMILES string of the molecule is Cc1ncn(Cc2ccc(C=O)o2)c(=O)c1I. The van der Waals surface area contributed by atoms with Crippen LogP contribution in [0.15, 0.2) is 27.7 Å². The summed E-state index contributed by atoms with van der Waals surface area (Å²) in [4.78, 5) is 26.4. The van der Waals surface area contributed by atoms with E-state index in [9.17, 15) is 9.59 Å². The van der Waals surface area contributed by atoms with Crippen LogP contribution in [0.3, 0.4) is 0 Å². The normalized spacial score (nSPS) is 10.5. The van der Waals surface area contributed by atoms with Gasteiger partial charge < -0.3 is 4.42 Å². The summed E-state index contributed by atoms with van der Waals surface area (Å²) in [6, 6.07) is 3.24. The van der Waals surface area contributed by atoms with Gasteiger partial charge in [-0.15, -0.1) is 0 Å². The van der Waals surface area contributed by atoms with Crippen LogP contribution in [0.4, 0.5) is 0 Å². The lowest BCUT2D eigenvalue weighted by Crippen LogP contribution is -2.24. The average Bonchev–Trinajstić information content (AvgIpc) is 2.78. The van der Waals surface area contributed by atoms with Gasteiger partial charge in [-0.3, -0.25) is 14.2 Å². The van der Waals surface area contributed by atoms with Crippen molar-refractivity contribution >= 4 is 28.9 Å². The molecule has 0 bridgehead atoms. The van der Waals surface area contributed by atoms with Crippen molar-refractivity contribution in [2.45, 2.75) is 13.5 Å². The Balaban J connectivity index is 2.33. The molecule has 0 aromatic carbocycles. The molecule has 17 heavy (non-hydrogen) atoms. The van der Waals surface area contributed by atoms with Crippen LogP contribution in [-0.2, 0) is 6.54 Å². The number of furan rings is 1. The van der Waals surface area contributed by atoms with Crippen LogP contribution in [0.2, 0.25) is 0 Å². The van der Waals surface area contributed by atoms with Crippen molar-refractivity contribution in [3.8, 4) is 0 Å². The second kappa shape index (κ2) is 4.82. The van der Waals surface area contributed by atoms with Gasteiger partial charge in [-0.05, 0) is 41.6 Å². The van der Waals surface area contributed by atoms with Crippen LogP contribution in [0.25, 0.3) is 0 Å². The first-order chi connectivity index (χ1) is 8.11. The molecule has 0 saturated carbocycles. The highest BCUT2D eigenvalue weighted by molar-refractivity contribution is 14.1. The van der Waals surface area contributed by atoms with Gasteiger partial charge in [-0.2, -0.15) is 0 Å². The lowest BCUT2D eigenvalue weighted by molar-refractivity contribution is 0.109. The summed E-state index contributed by atoms with van der Waals surface area (Å²) in [5.74, 6) is 0.804. The minimum atomic E-state index is -0.109. The van der Waals surface area contributed by atoms with E-state index in [2.05, 4.69) is 4.98 Å². The Hall–Kier alpha value is -1.44. The van der Waals surface area contributed by atoms with Crippen LogP contribution in [0.1, 0.15) is 22.0 Å². The number of aldehydes is 1. The smallest absolute Gasteiger partial charge is 0.267 e. The maximum Gasteiger partial charge on any atom is 0.267 e. The van der Waals surface area contributed by atoms with E-state index in [0.717, 1.165) is 0 Å². The van der Waals surface area contributed by atoms with Crippen molar-refractivity contribution in [2.75, 3.05) is 0 Å². The molecule has 88 valence electrons. The molecule has 0 N–H and O–H groups in total. The fourth-order valence-corrected chi connectivity index (χ4v) is 1.82. The lowest BCUT2D eigenvalue weighted by Gasteiger charge is -2.04. The first-order valence-electron chi connectivity index (χ1n) is 4.87. The van der Waals surface area contributed by atoms with Crippen LogP contribution in [-0.4, -0.2) is 15.8 Å². The number of rotatable bonds is 3. The van der Waals surface area contributed by atoms with E-state index in [1.165, 1.54) is 10.9 Å². The molecule has 0 aliphatic carbocycles. The molecule has 0 saturated heterocycles. The van der Waals surface area contributed by atoms with Gasteiger partial charge in [-0.1, -0.05) is 0 Å². The van der Waals surface area contributed by atoms with E-state index in [0.29, 0.717) is 21.3 Å². The number of halogens is 1. The summed E-state index contributed by atoms with van der Waals surface area (Å²) >= 11 is 1.97. The van der Waals surface area contributed by atoms with Gasteiger partial charge in [0, 0.05) is 0 Å². The summed E-state index contributed by atoms with van der Waals surface area (Å²) in [6.45, 7) is 2.06. The van der Waals surface area contributed by atoms with Gasteiger partial charge in [0.2, 0.25) is 0 Å². The molecular weight excluding hydrogens is 335 g/mol. The second-order valence-corrected chi connectivity index (χ2v) is 4.58. The Morgan fingerprint density at radius 2 is 2.29 bits per heavy atom. The molecule has 0 amide bonds. The molecular formula is C11H9IN2O3. The van der Waals surface area contributed by atoms with Crippen molar-refractivity contribution in [1.29, 1.82) is 0 Å². The van der Waals surface area contributed by atoms with E-state index in [1.54, 1.807) is 19.1 Å². The number of carbonyl (C=O) groups is 1. The molecule has 0 unspecified atom stereocenters. The van der Waals surface area contributed by atoms with Crippen LogP contribution < -0.4 is 5.56 Å². The molecule has 2 heterocycles. The molecule has 5 nitrogen and oxygen atoms in total. The zero-order chi connectivity index (χ0) is 12.4. The quantitative estimate of drug-likeness (QED) is 0.627. The first-order valence-corrected chi connectivity index (χ1v) is 5.95. The fraction of sp³-hybridized carbons (Fsp3) is 0.182. The highest BCUT2D eigenvalue weighted by atomic mass is 127. The van der Waals surface area contributed by atoms with Gasteiger partial charge in [0.15, 0.2) is 12.0 Å². The molecule has 0 atom stereocenters. The van der Waals surface area contributed by atoms with Crippen molar-refractivity contribution in [3.05, 3.63) is 49.6 Å². The number of aryl methyl sites for hydroxylation is 1. The summed E-state index contributed by atoms with van der Waals surface area (Å²) in [6.07, 6.45) is 2.10. The first kappa shape index (κ1) is 12.0. The van der Waals surface area contributed by atoms with Gasteiger partial charge >= 0.3 is 0 Å². The van der Waals surface area contributed by atoms with Crippen LogP contribution >= 0.6 is 22.6 Å². The molecule has 2 rings (SSSR count). The Bertz CT molecular complexity index is 615. The topological polar surface area (TPSA) is 65.1 Å². The lowest BCUT2D eigenvalue weighted by atomic mass is 10.4. The highest BCUT2D eigenvalue weighted by Gasteiger charge is 2.07. The standard InChI is InChI=1S/C11H9IN2O3/c1-7-10(12)11(16)14(6-13-7)4-8-2-3-9(5-15)17-8/h2-3,5-6H,4H2,1H3. The predicted molar refractivity (Wildman–Crippen MR) is 69.1 cm³/mol. The van der Waals surface area contributed by atoms with Crippen molar-refractivity contribution in [2.24, 2.45) is 0 Å². The molecule has 0 fully saturated rings. The van der Waals surface area contributed by atoms with E-state index in [-0.39, 0.29) is 17.9 Å². The van der Waals surface area contributed by atoms with Crippen LogP contribution in [0.5, 0.6) is 0 Å². The third-order valence-electron chi connectivity index (χ3n) is 2.28.